The number of amides is 2. The fraction of sp³-hybridized carbons (Fsp3) is 0.139. The molecule has 0 spiro atoms. The topological polar surface area (TPSA) is 82.1 Å². The van der Waals surface area contributed by atoms with Gasteiger partial charge in [0.25, 0.3) is 0 Å². The number of ether oxygens (including phenoxy) is 3. The number of hydrogen-bond donors (Lipinski definition) is 0. The zero-order valence-corrected chi connectivity index (χ0v) is 22.7. The number of rotatable bonds is 2. The molecule has 5 aromatic carbocycles. The van der Waals surface area contributed by atoms with E-state index in [4.69, 9.17) is 14.2 Å². The first-order chi connectivity index (χ1) is 21.1. The third-order valence-corrected chi connectivity index (χ3v) is 9.25. The third kappa shape index (κ3) is 3.39. The molecule has 0 unspecified atom stereocenters. The van der Waals surface area contributed by atoms with Crippen molar-refractivity contribution < 1.29 is 28.6 Å². The van der Waals surface area contributed by atoms with E-state index in [9.17, 15) is 14.4 Å². The van der Waals surface area contributed by atoms with Crippen LogP contribution in [-0.2, 0) is 14.4 Å². The number of allylic oxidation sites excluding steroid dienone is 1. The molecular formula is C36H23NO6. The quantitative estimate of drug-likeness (QED) is 0.143. The zero-order chi connectivity index (χ0) is 28.8. The van der Waals surface area contributed by atoms with Crippen LogP contribution in [-0.4, -0.2) is 24.6 Å². The number of fused-ring (bicyclic) bond motifs is 9. The summed E-state index contributed by atoms with van der Waals surface area (Å²) in [4.78, 5) is 43.9. The molecule has 0 bridgehead atoms. The summed E-state index contributed by atoms with van der Waals surface area (Å²) < 4.78 is 17.1. The molecule has 0 aromatic heterocycles. The van der Waals surface area contributed by atoms with Crippen LogP contribution in [0.3, 0.4) is 0 Å². The molecule has 4 aliphatic rings. The van der Waals surface area contributed by atoms with Gasteiger partial charge in [-0.25, -0.2) is 4.90 Å². The van der Waals surface area contributed by atoms with Gasteiger partial charge in [-0.2, -0.15) is 0 Å². The van der Waals surface area contributed by atoms with E-state index in [0.29, 0.717) is 28.5 Å². The number of esters is 1. The van der Waals surface area contributed by atoms with Crippen molar-refractivity contribution in [3.05, 3.63) is 114 Å². The first-order valence-electron chi connectivity index (χ1n) is 14.3. The Hall–Kier alpha value is -5.43. The van der Waals surface area contributed by atoms with Crippen molar-refractivity contribution in [1.82, 2.24) is 0 Å². The van der Waals surface area contributed by atoms with E-state index >= 15 is 0 Å². The van der Waals surface area contributed by atoms with Crippen molar-refractivity contribution >= 4 is 50.6 Å². The van der Waals surface area contributed by atoms with E-state index in [1.807, 2.05) is 91.0 Å². The van der Waals surface area contributed by atoms with E-state index in [-0.39, 0.29) is 12.7 Å². The average Bonchev–Trinajstić information content (AvgIpc) is 3.61. The third-order valence-electron chi connectivity index (χ3n) is 9.25. The van der Waals surface area contributed by atoms with E-state index in [1.165, 1.54) is 4.90 Å². The summed E-state index contributed by atoms with van der Waals surface area (Å²) in [5.41, 5.74) is 2.81. The molecule has 9 rings (SSSR count). The number of carbonyl (C=O) groups is 3. The smallest absolute Gasteiger partial charge is 0.319 e. The molecule has 1 saturated heterocycles. The highest BCUT2D eigenvalue weighted by Gasteiger charge is 2.60. The minimum absolute atomic E-state index is 0.122. The van der Waals surface area contributed by atoms with Crippen LogP contribution in [0.5, 0.6) is 17.2 Å². The van der Waals surface area contributed by atoms with Gasteiger partial charge in [0.2, 0.25) is 18.6 Å². The van der Waals surface area contributed by atoms with Gasteiger partial charge in [0.05, 0.1) is 23.4 Å². The molecule has 7 heteroatoms. The molecular weight excluding hydrogens is 542 g/mol. The molecule has 4 atom stereocenters. The van der Waals surface area contributed by atoms with Crippen molar-refractivity contribution in [2.45, 2.75) is 5.92 Å². The van der Waals surface area contributed by atoms with E-state index in [0.717, 1.165) is 32.7 Å². The van der Waals surface area contributed by atoms with Gasteiger partial charge in [-0.3, -0.25) is 14.4 Å². The molecule has 1 fully saturated rings. The summed E-state index contributed by atoms with van der Waals surface area (Å²) in [6, 6.07) is 30.6. The van der Waals surface area contributed by atoms with Crippen LogP contribution in [0, 0.1) is 17.8 Å². The Kier molecular flexibility index (Phi) is 4.94. The lowest BCUT2D eigenvalue weighted by molar-refractivity contribution is -0.142. The lowest BCUT2D eigenvalue weighted by Crippen LogP contribution is -2.42. The molecule has 0 N–H and O–H groups in total. The maximum atomic E-state index is 14.5. The first-order valence-corrected chi connectivity index (χ1v) is 14.3. The second-order valence-electron chi connectivity index (χ2n) is 11.4. The Labute approximate surface area is 245 Å². The summed E-state index contributed by atoms with van der Waals surface area (Å²) in [5, 5.41) is 3.84. The molecule has 2 amide bonds. The Balaban J connectivity index is 1.26. The second-order valence-corrected chi connectivity index (χ2v) is 11.4. The van der Waals surface area contributed by atoms with Crippen LogP contribution >= 0.6 is 0 Å². The molecule has 7 nitrogen and oxygen atoms in total. The van der Waals surface area contributed by atoms with Crippen LogP contribution in [0.4, 0.5) is 5.69 Å². The standard InChI is InChI=1S/C36H23NO6/c38-34-31-25(22-11-13-27-29(16-22)42-18-41-27)17-26-30-24-8-4-3-6-20(24)10-14-28(30)43-36(40)32(26)33(31)35(39)37(34)23-12-9-19-5-1-2-7-21(19)15-23/h1-17,25,31-33H,18H2/t25-,31+,32+,33+/m1/s1. The fourth-order valence-corrected chi connectivity index (χ4v) is 7.35. The lowest BCUT2D eigenvalue weighted by Gasteiger charge is -2.38. The van der Waals surface area contributed by atoms with Crippen molar-refractivity contribution in [2.75, 3.05) is 11.7 Å². The van der Waals surface area contributed by atoms with Gasteiger partial charge in [-0.05, 0) is 63.0 Å². The van der Waals surface area contributed by atoms with Crippen LogP contribution in [0.1, 0.15) is 17.0 Å². The second kappa shape index (κ2) is 8.79. The average molecular weight is 566 g/mol. The van der Waals surface area contributed by atoms with Gasteiger partial charge in [-0.15, -0.1) is 0 Å². The van der Waals surface area contributed by atoms with Crippen LogP contribution in [0.2, 0.25) is 0 Å². The minimum atomic E-state index is -0.936. The first kappa shape index (κ1) is 24.2. The molecule has 208 valence electrons. The SMILES string of the molecule is O=C1Oc2ccc3ccccc3c2C2=C[C@H](c3ccc4c(c3)OCO4)[C@@H]3C(=O)N(c4ccc5ccccc5c4)C(=O)[C@@H]3[C@@H]12. The summed E-state index contributed by atoms with van der Waals surface area (Å²) in [5.74, 6) is -2.73. The van der Waals surface area contributed by atoms with Crippen molar-refractivity contribution in [3.8, 4) is 17.2 Å². The summed E-state index contributed by atoms with van der Waals surface area (Å²) in [6.45, 7) is 0.122. The van der Waals surface area contributed by atoms with Gasteiger partial charge in [0.1, 0.15) is 5.75 Å². The monoisotopic (exact) mass is 565 g/mol. The van der Waals surface area contributed by atoms with E-state index in [1.54, 1.807) is 12.1 Å². The van der Waals surface area contributed by atoms with Crippen LogP contribution < -0.4 is 19.1 Å². The van der Waals surface area contributed by atoms with Gasteiger partial charge in [0, 0.05) is 11.5 Å². The maximum Gasteiger partial charge on any atom is 0.319 e. The van der Waals surface area contributed by atoms with E-state index in [2.05, 4.69) is 0 Å². The number of hydrogen-bond acceptors (Lipinski definition) is 6. The lowest BCUT2D eigenvalue weighted by atomic mass is 9.64. The molecule has 0 radical (unpaired) electrons. The summed E-state index contributed by atoms with van der Waals surface area (Å²) in [6.07, 6.45) is 2.00. The minimum Gasteiger partial charge on any atom is -0.454 e. The zero-order valence-electron chi connectivity index (χ0n) is 22.7. The number of carbonyl (C=O) groups excluding carboxylic acids is 3. The number of imide groups is 1. The van der Waals surface area contributed by atoms with Gasteiger partial charge >= 0.3 is 5.97 Å². The molecule has 3 aliphatic heterocycles. The predicted octanol–water partition coefficient (Wildman–Crippen LogP) is 6.24. The van der Waals surface area contributed by atoms with E-state index < -0.39 is 35.5 Å². The van der Waals surface area contributed by atoms with Crippen LogP contribution in [0.15, 0.2) is 103 Å². The maximum absolute atomic E-state index is 14.5. The molecule has 43 heavy (non-hydrogen) atoms. The predicted molar refractivity (Wildman–Crippen MR) is 160 cm³/mol. The van der Waals surface area contributed by atoms with Gasteiger partial charge in [-0.1, -0.05) is 72.8 Å². The number of nitrogens with zero attached hydrogens (tertiary/aromatic N) is 1. The fourth-order valence-electron chi connectivity index (χ4n) is 7.35. The highest BCUT2D eigenvalue weighted by atomic mass is 16.7. The summed E-state index contributed by atoms with van der Waals surface area (Å²) in [7, 11) is 0. The largest absolute Gasteiger partial charge is 0.454 e. The normalized spacial score (nSPS) is 23.6. The Morgan fingerprint density at radius 3 is 2.26 bits per heavy atom. The molecule has 3 heterocycles. The Morgan fingerprint density at radius 1 is 0.651 bits per heavy atom. The number of benzene rings is 5. The Bertz CT molecular complexity index is 2100. The highest BCUT2D eigenvalue weighted by molar-refractivity contribution is 6.25. The molecule has 1 aliphatic carbocycles. The highest BCUT2D eigenvalue weighted by Crippen LogP contribution is 2.56. The van der Waals surface area contributed by atoms with Crippen LogP contribution in [0.25, 0.3) is 27.1 Å². The van der Waals surface area contributed by atoms with Crippen molar-refractivity contribution in [2.24, 2.45) is 17.8 Å². The van der Waals surface area contributed by atoms with Crippen molar-refractivity contribution in [1.29, 1.82) is 0 Å². The molecule has 0 saturated carbocycles. The van der Waals surface area contributed by atoms with Crippen molar-refractivity contribution in [3.63, 3.8) is 0 Å². The number of anilines is 1. The Morgan fingerprint density at radius 2 is 1.37 bits per heavy atom. The van der Waals surface area contributed by atoms with Gasteiger partial charge < -0.3 is 14.2 Å². The van der Waals surface area contributed by atoms with Gasteiger partial charge in [0.15, 0.2) is 11.5 Å². The molecule has 5 aromatic rings. The summed E-state index contributed by atoms with van der Waals surface area (Å²) >= 11 is 0.